The lowest BCUT2D eigenvalue weighted by Gasteiger charge is -2.13. The molecule has 0 N–H and O–H groups in total. The molecule has 0 radical (unpaired) electrons. The minimum Gasteiger partial charge on any atom is -0.463 e. The molecule has 6 heteroatoms. The molecule has 0 aliphatic heterocycles. The molecule has 0 aromatic carbocycles. The summed E-state index contributed by atoms with van der Waals surface area (Å²) < 4.78 is 10.2. The highest BCUT2D eigenvalue weighted by Crippen LogP contribution is 2.39. The lowest BCUT2D eigenvalue weighted by atomic mass is 10.0. The standard InChI is InChI=1S/C18H18N2O3S/c1-10-12-5-4-6-14(12)20-17(13(10)9-19)24-11(2)15-7-8-16(23-15)18(21)22-3/h7-8,11H,4-6H2,1-3H3. The molecular weight excluding hydrogens is 324 g/mol. The van der Waals surface area contributed by atoms with E-state index in [1.165, 1.54) is 24.4 Å². The molecule has 1 unspecified atom stereocenters. The molecule has 1 aliphatic rings. The SMILES string of the molecule is COC(=O)c1ccc(C(C)Sc2nc3c(c(C)c2C#N)CCC3)o1. The second-order valence-corrected chi connectivity index (χ2v) is 7.09. The number of fused-ring (bicyclic) bond motifs is 1. The predicted octanol–water partition coefficient (Wildman–Crippen LogP) is 3.98. The third kappa shape index (κ3) is 2.92. The molecule has 0 fully saturated rings. The summed E-state index contributed by atoms with van der Waals surface area (Å²) in [5, 5.41) is 10.2. The van der Waals surface area contributed by atoms with Crippen molar-refractivity contribution in [3.8, 4) is 6.07 Å². The van der Waals surface area contributed by atoms with Crippen LogP contribution in [0.1, 0.15) is 57.3 Å². The molecule has 5 nitrogen and oxygen atoms in total. The van der Waals surface area contributed by atoms with Gasteiger partial charge in [0.25, 0.3) is 0 Å². The summed E-state index contributed by atoms with van der Waals surface area (Å²) >= 11 is 1.48. The number of esters is 1. The summed E-state index contributed by atoms with van der Waals surface area (Å²) in [6.07, 6.45) is 3.07. The third-order valence-electron chi connectivity index (χ3n) is 4.28. The summed E-state index contributed by atoms with van der Waals surface area (Å²) in [5.74, 6) is 0.338. The second kappa shape index (κ2) is 6.70. The highest BCUT2D eigenvalue weighted by molar-refractivity contribution is 7.99. The van der Waals surface area contributed by atoms with Crippen LogP contribution in [0.4, 0.5) is 0 Å². The van der Waals surface area contributed by atoms with Crippen molar-refractivity contribution in [2.45, 2.75) is 43.4 Å². The van der Waals surface area contributed by atoms with Gasteiger partial charge in [-0.2, -0.15) is 5.26 Å². The molecular formula is C18H18N2O3S. The molecule has 0 bridgehead atoms. The van der Waals surface area contributed by atoms with Crippen molar-refractivity contribution < 1.29 is 13.9 Å². The minimum absolute atomic E-state index is 0.0677. The van der Waals surface area contributed by atoms with Crippen molar-refractivity contribution in [3.05, 3.63) is 46.0 Å². The molecule has 3 rings (SSSR count). The number of hydrogen-bond acceptors (Lipinski definition) is 6. The Morgan fingerprint density at radius 1 is 1.46 bits per heavy atom. The number of aryl methyl sites for hydroxylation is 1. The lowest BCUT2D eigenvalue weighted by molar-refractivity contribution is 0.0563. The number of aromatic nitrogens is 1. The van der Waals surface area contributed by atoms with Gasteiger partial charge in [0.2, 0.25) is 5.76 Å². The summed E-state index contributed by atoms with van der Waals surface area (Å²) in [7, 11) is 1.32. The van der Waals surface area contributed by atoms with Crippen molar-refractivity contribution in [2.75, 3.05) is 7.11 Å². The zero-order valence-corrected chi connectivity index (χ0v) is 14.7. The van der Waals surface area contributed by atoms with Crippen LogP contribution in [0.2, 0.25) is 0 Å². The molecule has 24 heavy (non-hydrogen) atoms. The van der Waals surface area contributed by atoms with E-state index in [0.29, 0.717) is 11.3 Å². The van der Waals surface area contributed by atoms with Crippen LogP contribution in [0.15, 0.2) is 21.6 Å². The largest absolute Gasteiger partial charge is 0.463 e. The first-order valence-corrected chi connectivity index (χ1v) is 8.70. The van der Waals surface area contributed by atoms with Crippen molar-refractivity contribution >= 4 is 17.7 Å². The maximum Gasteiger partial charge on any atom is 0.373 e. The quantitative estimate of drug-likeness (QED) is 0.618. The number of pyridine rings is 1. The smallest absolute Gasteiger partial charge is 0.373 e. The van der Waals surface area contributed by atoms with Gasteiger partial charge in [-0.1, -0.05) is 11.8 Å². The van der Waals surface area contributed by atoms with Crippen LogP contribution >= 0.6 is 11.8 Å². The highest BCUT2D eigenvalue weighted by atomic mass is 32.2. The van der Waals surface area contributed by atoms with Gasteiger partial charge < -0.3 is 9.15 Å². The minimum atomic E-state index is -0.498. The van der Waals surface area contributed by atoms with E-state index in [-0.39, 0.29) is 11.0 Å². The van der Waals surface area contributed by atoms with E-state index in [0.717, 1.165) is 35.5 Å². The first kappa shape index (κ1) is 16.6. The van der Waals surface area contributed by atoms with Crippen LogP contribution in [0.5, 0.6) is 0 Å². The van der Waals surface area contributed by atoms with Crippen molar-refractivity contribution in [1.82, 2.24) is 4.98 Å². The number of rotatable bonds is 4. The monoisotopic (exact) mass is 342 g/mol. The Hall–Kier alpha value is -2.26. The number of ether oxygens (including phenoxy) is 1. The fourth-order valence-corrected chi connectivity index (χ4v) is 4.03. The average molecular weight is 342 g/mol. The number of carbonyl (C=O) groups is 1. The molecule has 1 aliphatic carbocycles. The van der Waals surface area contributed by atoms with Gasteiger partial charge in [0, 0.05) is 5.69 Å². The number of nitriles is 1. The van der Waals surface area contributed by atoms with Gasteiger partial charge in [-0.15, -0.1) is 0 Å². The first-order valence-electron chi connectivity index (χ1n) is 7.82. The van der Waals surface area contributed by atoms with Gasteiger partial charge in [0.05, 0.1) is 17.9 Å². The van der Waals surface area contributed by atoms with E-state index in [2.05, 4.69) is 10.8 Å². The van der Waals surface area contributed by atoms with Crippen LogP contribution in [0, 0.1) is 18.3 Å². The van der Waals surface area contributed by atoms with Gasteiger partial charge in [0.15, 0.2) is 0 Å². The molecule has 2 aromatic heterocycles. The van der Waals surface area contributed by atoms with E-state index in [1.54, 1.807) is 12.1 Å². The Morgan fingerprint density at radius 3 is 2.96 bits per heavy atom. The number of nitrogens with zero attached hydrogens (tertiary/aromatic N) is 2. The second-order valence-electron chi connectivity index (χ2n) is 5.76. The topological polar surface area (TPSA) is 76.1 Å². The molecule has 0 amide bonds. The fraction of sp³-hybridized carbons (Fsp3) is 0.389. The van der Waals surface area contributed by atoms with Crippen LogP contribution in [-0.4, -0.2) is 18.1 Å². The molecule has 124 valence electrons. The average Bonchev–Trinajstić information content (AvgIpc) is 3.23. The van der Waals surface area contributed by atoms with E-state index < -0.39 is 5.97 Å². The molecule has 0 saturated heterocycles. The summed E-state index contributed by atoms with van der Waals surface area (Å²) in [6.45, 7) is 3.97. The number of methoxy groups -OCH3 is 1. The summed E-state index contributed by atoms with van der Waals surface area (Å²) in [6, 6.07) is 5.66. The Bertz CT molecular complexity index is 836. The summed E-state index contributed by atoms with van der Waals surface area (Å²) in [4.78, 5) is 16.2. The van der Waals surface area contributed by atoms with Gasteiger partial charge >= 0.3 is 5.97 Å². The van der Waals surface area contributed by atoms with Crippen molar-refractivity contribution in [1.29, 1.82) is 5.26 Å². The third-order valence-corrected chi connectivity index (χ3v) is 5.39. The molecule has 2 heterocycles. The Kier molecular flexibility index (Phi) is 4.63. The van der Waals surface area contributed by atoms with Gasteiger partial charge in [-0.05, 0) is 56.4 Å². The summed E-state index contributed by atoms with van der Waals surface area (Å²) in [5.41, 5.74) is 4.03. The zero-order valence-electron chi connectivity index (χ0n) is 13.9. The Balaban J connectivity index is 1.88. The molecule has 1 atom stereocenters. The van der Waals surface area contributed by atoms with Crippen LogP contribution in [0.3, 0.4) is 0 Å². The number of thioether (sulfide) groups is 1. The van der Waals surface area contributed by atoms with Gasteiger partial charge in [-0.3, -0.25) is 0 Å². The highest BCUT2D eigenvalue weighted by Gasteiger charge is 2.23. The van der Waals surface area contributed by atoms with Gasteiger partial charge in [0.1, 0.15) is 16.9 Å². The van der Waals surface area contributed by atoms with E-state index >= 15 is 0 Å². The van der Waals surface area contributed by atoms with Gasteiger partial charge in [-0.25, -0.2) is 9.78 Å². The fourth-order valence-electron chi connectivity index (χ4n) is 2.97. The molecule has 0 spiro atoms. The first-order chi connectivity index (χ1) is 11.5. The van der Waals surface area contributed by atoms with Crippen LogP contribution in [-0.2, 0) is 17.6 Å². The predicted molar refractivity (Wildman–Crippen MR) is 90.0 cm³/mol. The van der Waals surface area contributed by atoms with Crippen LogP contribution < -0.4 is 0 Å². The van der Waals surface area contributed by atoms with Crippen LogP contribution in [0.25, 0.3) is 0 Å². The zero-order chi connectivity index (χ0) is 17.3. The maximum absolute atomic E-state index is 11.5. The maximum atomic E-state index is 11.5. The van der Waals surface area contributed by atoms with E-state index in [9.17, 15) is 10.1 Å². The molecule has 2 aromatic rings. The number of carbonyl (C=O) groups excluding carboxylic acids is 1. The lowest BCUT2D eigenvalue weighted by Crippen LogP contribution is -2.01. The Labute approximate surface area is 145 Å². The van der Waals surface area contributed by atoms with Crippen molar-refractivity contribution in [3.63, 3.8) is 0 Å². The van der Waals surface area contributed by atoms with Crippen molar-refractivity contribution in [2.24, 2.45) is 0 Å². The molecule has 0 saturated carbocycles. The normalized spacial score (nSPS) is 14.1. The van der Waals surface area contributed by atoms with E-state index in [1.807, 2.05) is 13.8 Å². The Morgan fingerprint density at radius 2 is 2.25 bits per heavy atom. The number of hydrogen-bond donors (Lipinski definition) is 0. The number of furan rings is 1. The van der Waals surface area contributed by atoms with E-state index in [4.69, 9.17) is 9.40 Å².